The first-order chi connectivity index (χ1) is 15.0. The molecule has 2 atom stereocenters. The summed E-state index contributed by atoms with van der Waals surface area (Å²) in [6, 6.07) is 15.5. The molecule has 0 bridgehead atoms. The number of carbonyl (C=O) groups is 3. The summed E-state index contributed by atoms with van der Waals surface area (Å²) in [7, 11) is 0. The topological polar surface area (TPSA) is 102 Å². The first-order valence-electron chi connectivity index (χ1n) is 10.6. The van der Waals surface area contributed by atoms with Gasteiger partial charge >= 0.3 is 6.09 Å². The Morgan fingerprint density at radius 1 is 1.10 bits per heavy atom. The summed E-state index contributed by atoms with van der Waals surface area (Å²) in [6.07, 6.45) is 1.90. The van der Waals surface area contributed by atoms with E-state index in [9.17, 15) is 14.4 Å². The van der Waals surface area contributed by atoms with Crippen LogP contribution in [0.3, 0.4) is 0 Å². The second kappa shape index (κ2) is 10.6. The summed E-state index contributed by atoms with van der Waals surface area (Å²) < 4.78 is 5.50. The fraction of sp³-hybridized carbons (Fsp3) is 0.375. The minimum Gasteiger partial charge on any atom is -0.445 e. The molecule has 7 heteroatoms. The van der Waals surface area contributed by atoms with Crippen molar-refractivity contribution in [1.82, 2.24) is 10.2 Å². The zero-order valence-corrected chi connectivity index (χ0v) is 17.8. The Morgan fingerprint density at radius 3 is 2.45 bits per heavy atom. The van der Waals surface area contributed by atoms with Gasteiger partial charge in [-0.25, -0.2) is 4.79 Å². The molecule has 7 nitrogen and oxygen atoms in total. The maximum absolute atomic E-state index is 13.1. The SMILES string of the molecule is CCCC[C@H](NC(=O)[C@@H]1Cc2ccccc2CN1C(=O)OCc1ccccc1)C(N)=O. The summed E-state index contributed by atoms with van der Waals surface area (Å²) in [5.41, 5.74) is 8.31. The Bertz CT molecular complexity index is 916. The summed E-state index contributed by atoms with van der Waals surface area (Å²) in [5.74, 6) is -0.970. The van der Waals surface area contributed by atoms with Crippen molar-refractivity contribution in [3.8, 4) is 0 Å². The second-order valence-corrected chi connectivity index (χ2v) is 7.76. The van der Waals surface area contributed by atoms with Gasteiger partial charge in [-0.05, 0) is 23.1 Å². The van der Waals surface area contributed by atoms with Crippen molar-refractivity contribution in [3.05, 3.63) is 71.3 Å². The number of carbonyl (C=O) groups excluding carboxylic acids is 3. The van der Waals surface area contributed by atoms with E-state index < -0.39 is 30.0 Å². The van der Waals surface area contributed by atoms with E-state index in [0.717, 1.165) is 29.5 Å². The molecule has 0 unspecified atom stereocenters. The van der Waals surface area contributed by atoms with Crippen molar-refractivity contribution < 1.29 is 19.1 Å². The van der Waals surface area contributed by atoms with Crippen molar-refractivity contribution >= 4 is 17.9 Å². The van der Waals surface area contributed by atoms with E-state index in [4.69, 9.17) is 10.5 Å². The zero-order chi connectivity index (χ0) is 22.2. The van der Waals surface area contributed by atoms with Crippen LogP contribution in [0.4, 0.5) is 4.79 Å². The average Bonchev–Trinajstić information content (AvgIpc) is 2.79. The van der Waals surface area contributed by atoms with Crippen LogP contribution in [0.15, 0.2) is 54.6 Å². The third-order valence-electron chi connectivity index (χ3n) is 5.50. The molecule has 0 spiro atoms. The minimum absolute atomic E-state index is 0.118. The van der Waals surface area contributed by atoms with Crippen molar-refractivity contribution in [2.24, 2.45) is 5.73 Å². The molecule has 1 aliphatic heterocycles. The number of hydrogen-bond acceptors (Lipinski definition) is 4. The number of nitrogens with zero attached hydrogens (tertiary/aromatic N) is 1. The van der Waals surface area contributed by atoms with E-state index in [1.165, 1.54) is 4.90 Å². The van der Waals surface area contributed by atoms with Crippen molar-refractivity contribution in [3.63, 3.8) is 0 Å². The molecule has 1 heterocycles. The number of benzene rings is 2. The molecule has 0 saturated heterocycles. The molecule has 0 aromatic heterocycles. The lowest BCUT2D eigenvalue weighted by molar-refractivity contribution is -0.131. The van der Waals surface area contributed by atoms with Gasteiger partial charge in [-0.2, -0.15) is 0 Å². The molecule has 0 radical (unpaired) electrons. The Labute approximate surface area is 182 Å². The molecule has 164 valence electrons. The van der Waals surface area contributed by atoms with Crippen LogP contribution in [0.2, 0.25) is 0 Å². The van der Waals surface area contributed by atoms with Gasteiger partial charge in [0.2, 0.25) is 11.8 Å². The number of unbranched alkanes of at least 4 members (excludes halogenated alkanes) is 1. The predicted molar refractivity (Wildman–Crippen MR) is 117 cm³/mol. The number of nitrogens with two attached hydrogens (primary N) is 1. The van der Waals surface area contributed by atoms with Crippen LogP contribution >= 0.6 is 0 Å². The fourth-order valence-corrected chi connectivity index (χ4v) is 3.71. The lowest BCUT2D eigenvalue weighted by Gasteiger charge is -2.35. The monoisotopic (exact) mass is 423 g/mol. The van der Waals surface area contributed by atoms with Crippen molar-refractivity contribution in [2.75, 3.05) is 0 Å². The van der Waals surface area contributed by atoms with Crippen molar-refractivity contribution in [2.45, 2.75) is 57.8 Å². The van der Waals surface area contributed by atoms with Gasteiger partial charge in [0.05, 0.1) is 6.54 Å². The van der Waals surface area contributed by atoms with Gasteiger partial charge in [0.15, 0.2) is 0 Å². The first kappa shape index (κ1) is 22.3. The number of rotatable bonds is 8. The molecule has 3 N–H and O–H groups in total. The molecule has 3 amide bonds. The smallest absolute Gasteiger partial charge is 0.411 e. The summed E-state index contributed by atoms with van der Waals surface area (Å²) in [5, 5.41) is 2.75. The van der Waals surface area contributed by atoms with Gasteiger partial charge in [-0.3, -0.25) is 14.5 Å². The molecule has 0 fully saturated rings. The van der Waals surface area contributed by atoms with E-state index in [1.807, 2.05) is 61.5 Å². The van der Waals surface area contributed by atoms with Crippen molar-refractivity contribution in [1.29, 1.82) is 0 Å². The van der Waals surface area contributed by atoms with Crippen LogP contribution < -0.4 is 11.1 Å². The van der Waals surface area contributed by atoms with Gasteiger partial charge in [-0.1, -0.05) is 74.4 Å². The van der Waals surface area contributed by atoms with E-state index in [-0.39, 0.29) is 13.2 Å². The van der Waals surface area contributed by atoms with Gasteiger partial charge in [0.1, 0.15) is 18.7 Å². The highest BCUT2D eigenvalue weighted by Crippen LogP contribution is 2.24. The number of amides is 3. The highest BCUT2D eigenvalue weighted by atomic mass is 16.6. The lowest BCUT2D eigenvalue weighted by Crippen LogP contribution is -2.56. The second-order valence-electron chi connectivity index (χ2n) is 7.76. The fourth-order valence-electron chi connectivity index (χ4n) is 3.71. The van der Waals surface area contributed by atoms with Crippen LogP contribution in [0, 0.1) is 0 Å². The Balaban J connectivity index is 1.76. The third-order valence-corrected chi connectivity index (χ3v) is 5.50. The normalized spacial score (nSPS) is 16.2. The number of fused-ring (bicyclic) bond motifs is 1. The molecule has 31 heavy (non-hydrogen) atoms. The van der Waals surface area contributed by atoms with Gasteiger partial charge in [0, 0.05) is 6.42 Å². The summed E-state index contributed by atoms with van der Waals surface area (Å²) in [6.45, 7) is 2.38. The number of ether oxygens (including phenoxy) is 1. The van der Waals surface area contributed by atoms with Crippen LogP contribution in [0.25, 0.3) is 0 Å². The maximum atomic E-state index is 13.1. The first-order valence-corrected chi connectivity index (χ1v) is 10.6. The standard InChI is InChI=1S/C24H29N3O4/c1-2-3-13-20(22(25)28)26-23(29)21-14-18-11-7-8-12-19(18)15-27(21)24(30)31-16-17-9-5-4-6-10-17/h4-12,20-21H,2-3,13-16H2,1H3,(H2,25,28)(H,26,29)/t20-,21-/m0/s1. The molecule has 0 saturated carbocycles. The highest BCUT2D eigenvalue weighted by molar-refractivity contribution is 5.91. The van der Waals surface area contributed by atoms with Crippen LogP contribution in [-0.4, -0.2) is 34.9 Å². The van der Waals surface area contributed by atoms with Gasteiger partial charge in [-0.15, -0.1) is 0 Å². The highest BCUT2D eigenvalue weighted by Gasteiger charge is 2.36. The quantitative estimate of drug-likeness (QED) is 0.682. The average molecular weight is 424 g/mol. The van der Waals surface area contributed by atoms with E-state index in [2.05, 4.69) is 5.32 Å². The number of hydrogen-bond donors (Lipinski definition) is 2. The summed E-state index contributed by atoms with van der Waals surface area (Å²) in [4.78, 5) is 39.3. The maximum Gasteiger partial charge on any atom is 0.411 e. The molecular formula is C24H29N3O4. The molecule has 0 aliphatic carbocycles. The third kappa shape index (κ3) is 5.84. The van der Waals surface area contributed by atoms with E-state index in [0.29, 0.717) is 12.8 Å². The van der Waals surface area contributed by atoms with Crippen LogP contribution in [0.1, 0.15) is 42.9 Å². The minimum atomic E-state index is -0.776. The Morgan fingerprint density at radius 2 is 1.77 bits per heavy atom. The lowest BCUT2D eigenvalue weighted by atomic mass is 9.93. The number of primary amides is 1. The van der Waals surface area contributed by atoms with E-state index >= 15 is 0 Å². The molecule has 3 rings (SSSR count). The molecule has 2 aromatic rings. The summed E-state index contributed by atoms with van der Waals surface area (Å²) >= 11 is 0. The Kier molecular flexibility index (Phi) is 7.65. The molecular weight excluding hydrogens is 394 g/mol. The molecule has 2 aromatic carbocycles. The van der Waals surface area contributed by atoms with Crippen LogP contribution in [0.5, 0.6) is 0 Å². The molecule has 1 aliphatic rings. The predicted octanol–water partition coefficient (Wildman–Crippen LogP) is 2.91. The van der Waals surface area contributed by atoms with Crippen LogP contribution in [-0.2, 0) is 33.9 Å². The Hall–Kier alpha value is -3.35. The van der Waals surface area contributed by atoms with Gasteiger partial charge in [0.25, 0.3) is 0 Å². The largest absolute Gasteiger partial charge is 0.445 e. The van der Waals surface area contributed by atoms with E-state index in [1.54, 1.807) is 0 Å². The van der Waals surface area contributed by atoms with Gasteiger partial charge < -0.3 is 15.8 Å². The zero-order valence-electron chi connectivity index (χ0n) is 17.8. The number of nitrogens with one attached hydrogen (secondary N) is 1.